The molecule has 1 aromatic heterocycles. The Hall–Kier alpha value is -4.32. The molecule has 1 atom stereocenters. The van der Waals surface area contributed by atoms with Crippen molar-refractivity contribution in [2.45, 2.75) is 26.8 Å². The van der Waals surface area contributed by atoms with E-state index in [0.29, 0.717) is 22.8 Å². The van der Waals surface area contributed by atoms with Gasteiger partial charge in [-0.25, -0.2) is 4.39 Å². The molecule has 2 aromatic carbocycles. The number of nitrogens with zero attached hydrogens (tertiary/aromatic N) is 2. The van der Waals surface area contributed by atoms with Crippen LogP contribution in [-0.4, -0.2) is 41.2 Å². The number of carbonyl (C=O) groups excluding carboxylic acids is 4. The van der Waals surface area contributed by atoms with Crippen molar-refractivity contribution in [3.05, 3.63) is 75.5 Å². The summed E-state index contributed by atoms with van der Waals surface area (Å²) in [6.45, 7) is 4.92. The smallest absolute Gasteiger partial charge is 0.325 e. The first-order valence-corrected chi connectivity index (χ1v) is 12.0. The highest BCUT2D eigenvalue weighted by molar-refractivity contribution is 7.09. The van der Waals surface area contributed by atoms with E-state index in [0.717, 1.165) is 17.7 Å². The van der Waals surface area contributed by atoms with Crippen LogP contribution in [0.4, 0.5) is 15.8 Å². The van der Waals surface area contributed by atoms with Crippen molar-refractivity contribution in [3.8, 4) is 0 Å². The number of amides is 3. The second kappa shape index (κ2) is 11.6. The highest BCUT2D eigenvalue weighted by Gasteiger charge is 2.36. The van der Waals surface area contributed by atoms with E-state index in [-0.39, 0.29) is 28.4 Å². The molecule has 0 fully saturated rings. The molecule has 3 amide bonds. The van der Waals surface area contributed by atoms with Crippen molar-refractivity contribution < 1.29 is 28.3 Å². The SMILES string of the molecule is CCOC(=O)CNC(=O)[C@H](c1ccc(F)cc1)N(C(=O)c1snc(C(N)=O)c1N)c1ccc(C)cc1C. The summed E-state index contributed by atoms with van der Waals surface area (Å²) in [5.74, 6) is -3.60. The van der Waals surface area contributed by atoms with Crippen LogP contribution in [0, 0.1) is 19.7 Å². The number of rotatable bonds is 9. The van der Waals surface area contributed by atoms with Gasteiger partial charge in [-0.05, 0) is 61.6 Å². The zero-order valence-electron chi connectivity index (χ0n) is 20.4. The van der Waals surface area contributed by atoms with Gasteiger partial charge in [0, 0.05) is 5.69 Å². The molecule has 3 aromatic rings. The molecule has 5 N–H and O–H groups in total. The number of benzene rings is 2. The van der Waals surface area contributed by atoms with Crippen molar-refractivity contribution in [3.63, 3.8) is 0 Å². The van der Waals surface area contributed by atoms with Crippen LogP contribution >= 0.6 is 11.5 Å². The lowest BCUT2D eigenvalue weighted by Crippen LogP contribution is -2.45. The number of hydrogen-bond acceptors (Lipinski definition) is 8. The largest absolute Gasteiger partial charge is 0.465 e. The van der Waals surface area contributed by atoms with E-state index < -0.39 is 42.1 Å². The van der Waals surface area contributed by atoms with Crippen molar-refractivity contribution in [1.29, 1.82) is 0 Å². The summed E-state index contributed by atoms with van der Waals surface area (Å²) in [7, 11) is 0. The Balaban J connectivity index is 2.19. The van der Waals surface area contributed by atoms with Gasteiger partial charge in [0.25, 0.3) is 11.8 Å². The van der Waals surface area contributed by atoms with Crippen LogP contribution in [0.5, 0.6) is 0 Å². The molecule has 10 nitrogen and oxygen atoms in total. The van der Waals surface area contributed by atoms with Gasteiger partial charge in [-0.15, -0.1) is 0 Å². The maximum atomic E-state index is 14.0. The summed E-state index contributed by atoms with van der Waals surface area (Å²) in [6, 6.07) is 8.89. The Bertz CT molecular complexity index is 1340. The van der Waals surface area contributed by atoms with Crippen LogP contribution in [0.1, 0.15) is 49.8 Å². The minimum atomic E-state index is -1.36. The van der Waals surface area contributed by atoms with E-state index in [1.54, 1.807) is 26.0 Å². The number of carbonyl (C=O) groups is 4. The molecule has 37 heavy (non-hydrogen) atoms. The first-order valence-electron chi connectivity index (χ1n) is 11.2. The minimum Gasteiger partial charge on any atom is -0.465 e. The summed E-state index contributed by atoms with van der Waals surface area (Å²) in [5, 5.41) is 2.49. The molecule has 0 radical (unpaired) electrons. The average Bonchev–Trinajstić information content (AvgIpc) is 3.24. The second-order valence-corrected chi connectivity index (χ2v) is 8.85. The van der Waals surface area contributed by atoms with Crippen LogP contribution in [0.15, 0.2) is 42.5 Å². The lowest BCUT2D eigenvalue weighted by molar-refractivity contribution is -0.143. The fourth-order valence-electron chi connectivity index (χ4n) is 3.71. The highest BCUT2D eigenvalue weighted by atomic mass is 32.1. The lowest BCUT2D eigenvalue weighted by atomic mass is 10.0. The Morgan fingerprint density at radius 2 is 1.81 bits per heavy atom. The van der Waals surface area contributed by atoms with E-state index >= 15 is 0 Å². The Labute approximate surface area is 216 Å². The predicted octanol–water partition coefficient (Wildman–Crippen LogP) is 2.65. The van der Waals surface area contributed by atoms with Crippen molar-refractivity contribution in [1.82, 2.24) is 9.69 Å². The predicted molar refractivity (Wildman–Crippen MR) is 137 cm³/mol. The third-order valence-corrected chi connectivity index (χ3v) is 6.24. The van der Waals surface area contributed by atoms with Gasteiger partial charge in [0.1, 0.15) is 23.3 Å². The van der Waals surface area contributed by atoms with E-state index in [1.165, 1.54) is 17.0 Å². The first-order chi connectivity index (χ1) is 17.5. The maximum absolute atomic E-state index is 14.0. The average molecular weight is 528 g/mol. The molecule has 0 bridgehead atoms. The zero-order valence-corrected chi connectivity index (χ0v) is 21.2. The second-order valence-electron chi connectivity index (χ2n) is 8.08. The molecule has 12 heteroatoms. The van der Waals surface area contributed by atoms with Crippen molar-refractivity contribution in [2.24, 2.45) is 5.73 Å². The van der Waals surface area contributed by atoms with Gasteiger partial charge in [0.2, 0.25) is 5.91 Å². The Morgan fingerprint density at radius 1 is 1.14 bits per heavy atom. The molecule has 0 spiro atoms. The molecule has 0 saturated heterocycles. The number of esters is 1. The number of primary amides is 1. The summed E-state index contributed by atoms with van der Waals surface area (Å²) < 4.78 is 22.5. The highest BCUT2D eigenvalue weighted by Crippen LogP contribution is 2.35. The number of aryl methyl sites for hydroxylation is 2. The number of aromatic nitrogens is 1. The summed E-state index contributed by atoms with van der Waals surface area (Å²) in [4.78, 5) is 52.2. The van der Waals surface area contributed by atoms with E-state index in [4.69, 9.17) is 16.2 Å². The quantitative estimate of drug-likeness (QED) is 0.361. The third kappa shape index (κ3) is 6.09. The van der Waals surface area contributed by atoms with E-state index in [1.807, 2.05) is 13.0 Å². The third-order valence-electron chi connectivity index (χ3n) is 5.39. The normalized spacial score (nSPS) is 11.5. The first kappa shape index (κ1) is 27.3. The van der Waals surface area contributed by atoms with E-state index in [9.17, 15) is 23.6 Å². The molecule has 0 aliphatic heterocycles. The Morgan fingerprint density at radius 3 is 2.38 bits per heavy atom. The fraction of sp³-hybridized carbons (Fsp3) is 0.240. The van der Waals surface area contributed by atoms with Gasteiger partial charge in [-0.3, -0.25) is 24.1 Å². The molecule has 0 saturated carbocycles. The fourth-order valence-corrected chi connectivity index (χ4v) is 4.45. The topological polar surface area (TPSA) is 158 Å². The lowest BCUT2D eigenvalue weighted by Gasteiger charge is -2.32. The number of nitrogens with two attached hydrogens (primary N) is 2. The van der Waals surface area contributed by atoms with Gasteiger partial charge >= 0.3 is 5.97 Å². The zero-order chi connectivity index (χ0) is 27.3. The Kier molecular flexibility index (Phi) is 8.56. The number of anilines is 2. The monoisotopic (exact) mass is 527 g/mol. The van der Waals surface area contributed by atoms with Crippen LogP contribution in [0.25, 0.3) is 0 Å². The van der Waals surface area contributed by atoms with Crippen molar-refractivity contribution in [2.75, 3.05) is 23.8 Å². The molecule has 3 rings (SSSR count). The molecule has 0 aliphatic carbocycles. The molecule has 0 aliphatic rings. The summed E-state index contributed by atoms with van der Waals surface area (Å²) >= 11 is 0.663. The van der Waals surface area contributed by atoms with E-state index in [2.05, 4.69) is 9.69 Å². The number of ether oxygens (including phenoxy) is 1. The van der Waals surface area contributed by atoms with Crippen LogP contribution in [-0.2, 0) is 14.3 Å². The van der Waals surface area contributed by atoms with Crippen LogP contribution < -0.4 is 21.7 Å². The minimum absolute atomic E-state index is 0.112. The number of nitrogens with one attached hydrogen (secondary N) is 1. The van der Waals surface area contributed by atoms with Crippen LogP contribution in [0.3, 0.4) is 0 Å². The molecule has 194 valence electrons. The summed E-state index contributed by atoms with van der Waals surface area (Å²) in [6.07, 6.45) is 0. The summed E-state index contributed by atoms with van der Waals surface area (Å²) in [5.41, 5.74) is 13.0. The maximum Gasteiger partial charge on any atom is 0.325 e. The van der Waals surface area contributed by atoms with Gasteiger partial charge in [-0.2, -0.15) is 4.37 Å². The number of nitrogen functional groups attached to an aromatic ring is 1. The molecule has 1 heterocycles. The van der Waals surface area contributed by atoms with Gasteiger partial charge in [-0.1, -0.05) is 29.8 Å². The molecular formula is C25H26FN5O5S. The van der Waals surface area contributed by atoms with Gasteiger partial charge in [0.15, 0.2) is 5.69 Å². The molecule has 0 unspecified atom stereocenters. The molecular weight excluding hydrogens is 501 g/mol. The standard InChI is InChI=1S/C25H26FN5O5S/c1-4-36-18(32)12-29-24(34)21(15-6-8-16(26)9-7-15)31(17-10-5-13(2)11-14(17)3)25(35)22-19(27)20(23(28)33)30-37-22/h5-11,21H,4,12,27H2,1-3H3,(H2,28,33)(H,29,34)/t21-/m0/s1. The van der Waals surface area contributed by atoms with Gasteiger partial charge < -0.3 is 21.5 Å². The number of hydrogen-bond donors (Lipinski definition) is 3. The number of halogens is 1. The van der Waals surface area contributed by atoms with Crippen LogP contribution in [0.2, 0.25) is 0 Å². The van der Waals surface area contributed by atoms with Gasteiger partial charge in [0.05, 0.1) is 12.3 Å². The van der Waals surface area contributed by atoms with Crippen molar-refractivity contribution >= 4 is 46.6 Å².